The molecule has 0 saturated carbocycles. The van der Waals surface area contributed by atoms with Gasteiger partial charge in [0.2, 0.25) is 10.0 Å². The Bertz CT molecular complexity index is 857. The lowest BCUT2D eigenvalue weighted by Gasteiger charge is -2.21. The summed E-state index contributed by atoms with van der Waals surface area (Å²) in [7, 11) is -3.63. The van der Waals surface area contributed by atoms with Gasteiger partial charge in [-0.2, -0.15) is 16.1 Å². The standard InChI is InChI=1S/C18H19Cl2NO2S2/c1-13-11-18(16(20)12-15(13)19)25(22,23)21-8-7-17(24-10-9-21)14-5-3-2-4-6-14/h2-6,11-12,17H,7-10H2,1H3. The van der Waals surface area contributed by atoms with Crippen LogP contribution in [0.25, 0.3) is 0 Å². The Morgan fingerprint density at radius 2 is 1.80 bits per heavy atom. The summed E-state index contributed by atoms with van der Waals surface area (Å²) in [6, 6.07) is 13.3. The van der Waals surface area contributed by atoms with Crippen LogP contribution >= 0.6 is 35.0 Å². The Labute approximate surface area is 163 Å². The van der Waals surface area contributed by atoms with Gasteiger partial charge in [0.15, 0.2) is 0 Å². The summed E-state index contributed by atoms with van der Waals surface area (Å²) in [4.78, 5) is 0.138. The third kappa shape index (κ3) is 4.17. The Kier molecular flexibility index (Phi) is 6.01. The highest BCUT2D eigenvalue weighted by Gasteiger charge is 2.30. The molecule has 0 bridgehead atoms. The van der Waals surface area contributed by atoms with Crippen molar-refractivity contribution in [3.05, 3.63) is 63.6 Å². The zero-order valence-corrected chi connectivity index (χ0v) is 16.9. The van der Waals surface area contributed by atoms with Crippen LogP contribution in [0.3, 0.4) is 0 Å². The molecule has 2 aromatic rings. The van der Waals surface area contributed by atoms with Crippen molar-refractivity contribution in [2.45, 2.75) is 23.5 Å². The Hall–Kier alpha value is -0.720. The van der Waals surface area contributed by atoms with Crippen molar-refractivity contribution in [3.63, 3.8) is 0 Å². The molecule has 3 rings (SSSR count). The third-order valence-corrected chi connectivity index (χ3v) is 8.40. The van der Waals surface area contributed by atoms with E-state index in [9.17, 15) is 8.42 Å². The van der Waals surface area contributed by atoms with Gasteiger partial charge >= 0.3 is 0 Å². The van der Waals surface area contributed by atoms with Crippen molar-refractivity contribution in [2.24, 2.45) is 0 Å². The number of benzene rings is 2. The first-order valence-electron chi connectivity index (χ1n) is 8.02. The minimum absolute atomic E-state index is 0.138. The Morgan fingerprint density at radius 3 is 2.52 bits per heavy atom. The lowest BCUT2D eigenvalue weighted by atomic mass is 10.1. The van der Waals surface area contributed by atoms with Crippen LogP contribution in [0.15, 0.2) is 47.4 Å². The predicted octanol–water partition coefficient (Wildman–Crippen LogP) is 5.17. The molecule has 0 aromatic heterocycles. The summed E-state index contributed by atoms with van der Waals surface area (Å²) in [5.74, 6) is 0.753. The van der Waals surface area contributed by atoms with Gasteiger partial charge in [0.25, 0.3) is 0 Å². The average Bonchev–Trinajstić information content (AvgIpc) is 2.85. The third-order valence-electron chi connectivity index (χ3n) is 4.30. The van der Waals surface area contributed by atoms with Crippen molar-refractivity contribution >= 4 is 45.0 Å². The maximum atomic E-state index is 13.1. The van der Waals surface area contributed by atoms with Gasteiger partial charge in [-0.25, -0.2) is 8.42 Å². The molecular weight excluding hydrogens is 397 g/mol. The fourth-order valence-corrected chi connectivity index (χ4v) is 6.50. The van der Waals surface area contributed by atoms with Crippen LogP contribution < -0.4 is 0 Å². The van der Waals surface area contributed by atoms with Gasteiger partial charge in [0, 0.05) is 29.1 Å². The van der Waals surface area contributed by atoms with Crippen molar-refractivity contribution in [1.29, 1.82) is 0 Å². The summed E-state index contributed by atoms with van der Waals surface area (Å²) in [6.45, 7) is 2.74. The van der Waals surface area contributed by atoms with E-state index in [0.717, 1.165) is 12.2 Å². The van der Waals surface area contributed by atoms with Crippen LogP contribution in [-0.2, 0) is 10.0 Å². The molecule has 1 aliphatic rings. The van der Waals surface area contributed by atoms with Crippen LogP contribution in [0.4, 0.5) is 0 Å². The maximum absolute atomic E-state index is 13.1. The number of hydrogen-bond donors (Lipinski definition) is 0. The number of aryl methyl sites for hydroxylation is 1. The van der Waals surface area contributed by atoms with E-state index >= 15 is 0 Å². The number of hydrogen-bond acceptors (Lipinski definition) is 3. The monoisotopic (exact) mass is 415 g/mol. The number of nitrogens with zero attached hydrogens (tertiary/aromatic N) is 1. The molecule has 134 valence electrons. The lowest BCUT2D eigenvalue weighted by Crippen LogP contribution is -2.33. The van der Waals surface area contributed by atoms with E-state index in [0.29, 0.717) is 28.9 Å². The van der Waals surface area contributed by atoms with Gasteiger partial charge in [-0.05, 0) is 36.6 Å². The zero-order chi connectivity index (χ0) is 18.0. The van der Waals surface area contributed by atoms with Gasteiger partial charge in [0.1, 0.15) is 4.90 Å². The zero-order valence-electron chi connectivity index (χ0n) is 13.8. The molecule has 3 nitrogen and oxygen atoms in total. The first kappa shape index (κ1) is 19.1. The summed E-state index contributed by atoms with van der Waals surface area (Å²) in [6.07, 6.45) is 0.776. The SMILES string of the molecule is Cc1cc(S(=O)(=O)N2CCSC(c3ccccc3)CC2)c(Cl)cc1Cl. The molecule has 0 radical (unpaired) electrons. The second kappa shape index (κ2) is 7.89. The van der Waals surface area contributed by atoms with Crippen LogP contribution in [-0.4, -0.2) is 31.6 Å². The molecule has 0 amide bonds. The second-order valence-electron chi connectivity index (χ2n) is 5.99. The molecular formula is C18H19Cl2NO2S2. The van der Waals surface area contributed by atoms with E-state index < -0.39 is 10.0 Å². The summed E-state index contributed by atoms with van der Waals surface area (Å²) in [5, 5.41) is 0.954. The molecule has 1 heterocycles. The lowest BCUT2D eigenvalue weighted by molar-refractivity contribution is 0.428. The maximum Gasteiger partial charge on any atom is 0.244 e. The van der Waals surface area contributed by atoms with Crippen molar-refractivity contribution < 1.29 is 8.42 Å². The highest BCUT2D eigenvalue weighted by molar-refractivity contribution is 7.99. The summed E-state index contributed by atoms with van der Waals surface area (Å²) in [5.41, 5.74) is 1.95. The molecule has 1 aliphatic heterocycles. The van der Waals surface area contributed by atoms with E-state index in [2.05, 4.69) is 12.1 Å². The Balaban J connectivity index is 1.83. The highest BCUT2D eigenvalue weighted by atomic mass is 35.5. The van der Waals surface area contributed by atoms with Crippen LogP contribution in [0.2, 0.25) is 10.0 Å². The van der Waals surface area contributed by atoms with Crippen molar-refractivity contribution in [3.8, 4) is 0 Å². The molecule has 25 heavy (non-hydrogen) atoms. The normalized spacial score (nSPS) is 19.6. The second-order valence-corrected chi connectivity index (χ2v) is 10.0. The molecule has 1 saturated heterocycles. The van der Waals surface area contributed by atoms with Gasteiger partial charge in [-0.3, -0.25) is 0 Å². The number of rotatable bonds is 3. The molecule has 1 unspecified atom stereocenters. The Morgan fingerprint density at radius 1 is 1.08 bits per heavy atom. The molecule has 7 heteroatoms. The van der Waals surface area contributed by atoms with Gasteiger partial charge in [0.05, 0.1) is 5.02 Å². The summed E-state index contributed by atoms with van der Waals surface area (Å²) < 4.78 is 27.7. The molecule has 0 N–H and O–H groups in total. The molecule has 0 spiro atoms. The molecule has 2 aromatic carbocycles. The van der Waals surface area contributed by atoms with Crippen LogP contribution in [0.5, 0.6) is 0 Å². The van der Waals surface area contributed by atoms with E-state index in [1.807, 2.05) is 18.2 Å². The fourth-order valence-electron chi connectivity index (χ4n) is 2.89. The molecule has 1 atom stereocenters. The minimum atomic E-state index is -3.63. The predicted molar refractivity (Wildman–Crippen MR) is 106 cm³/mol. The van der Waals surface area contributed by atoms with Gasteiger partial charge in [-0.15, -0.1) is 0 Å². The van der Waals surface area contributed by atoms with E-state index in [-0.39, 0.29) is 9.92 Å². The molecule has 1 fully saturated rings. The van der Waals surface area contributed by atoms with Crippen LogP contribution in [0, 0.1) is 6.92 Å². The largest absolute Gasteiger partial charge is 0.244 e. The smallest absolute Gasteiger partial charge is 0.207 e. The number of sulfonamides is 1. The van der Waals surface area contributed by atoms with Crippen molar-refractivity contribution in [1.82, 2.24) is 4.31 Å². The fraction of sp³-hybridized carbons (Fsp3) is 0.333. The van der Waals surface area contributed by atoms with Crippen LogP contribution in [0.1, 0.15) is 22.8 Å². The summed E-state index contributed by atoms with van der Waals surface area (Å²) >= 11 is 14.0. The van der Waals surface area contributed by atoms with Gasteiger partial charge in [-0.1, -0.05) is 53.5 Å². The van der Waals surface area contributed by atoms with Gasteiger partial charge < -0.3 is 0 Å². The van der Waals surface area contributed by atoms with E-state index in [4.69, 9.17) is 23.2 Å². The average molecular weight is 416 g/mol. The highest BCUT2D eigenvalue weighted by Crippen LogP contribution is 2.36. The van der Waals surface area contributed by atoms with E-state index in [1.165, 1.54) is 15.9 Å². The number of thioether (sulfide) groups is 1. The minimum Gasteiger partial charge on any atom is -0.207 e. The van der Waals surface area contributed by atoms with E-state index in [1.54, 1.807) is 24.8 Å². The first-order chi connectivity index (χ1) is 11.9. The first-order valence-corrected chi connectivity index (χ1v) is 11.3. The number of halogens is 2. The van der Waals surface area contributed by atoms with Crippen molar-refractivity contribution in [2.75, 3.05) is 18.8 Å². The topological polar surface area (TPSA) is 37.4 Å². The molecule has 0 aliphatic carbocycles. The quantitative estimate of drug-likeness (QED) is 0.693.